The molecule has 7 rings (SSSR count). The molecule has 350 valence electrons. The van der Waals surface area contributed by atoms with Gasteiger partial charge in [0, 0.05) is 38.6 Å². The number of fused-ring (bicyclic) bond motifs is 1. The predicted octanol–water partition coefficient (Wildman–Crippen LogP) is 3.93. The number of benzene rings is 3. The second-order valence-electron chi connectivity index (χ2n) is 15.4. The molecule has 1 aromatic heterocycles. The van der Waals surface area contributed by atoms with Gasteiger partial charge in [-0.15, -0.1) is 5.10 Å². The number of imide groups is 1. The van der Waals surface area contributed by atoms with Crippen molar-refractivity contribution in [3.8, 4) is 22.8 Å². The molecule has 0 spiro atoms. The standard InChI is InChI=1S/C45H47BrN4O16/c1-24(51)59-22-34-39(61-26(3)53)37(49-21-33(47-48-49)28-15-17-30(18-16-28)63-29-11-6-5-7-12-29)41(62-27(4)54)45(65-34)66-40-35(23-60-25(2)52)64-44(58-20-10-19-46)36(38(40)55)50-42(56)31-13-8-9-14-32(31)43(50)57/h5-9,11-18,21,34-41,44-45,55H,10,19-20,22-23H2,1-4H3/t34-,35-,36-,37+,38-,39+,40-,41-,44-,45+/m1/s1. The molecule has 3 aliphatic heterocycles. The zero-order valence-corrected chi connectivity index (χ0v) is 37.7. The number of hydrogen-bond acceptors (Lipinski definition) is 18. The third-order valence-corrected chi connectivity index (χ3v) is 11.2. The number of rotatable bonds is 17. The van der Waals surface area contributed by atoms with E-state index in [0.717, 1.165) is 32.6 Å². The number of alkyl halides is 1. The number of ether oxygens (including phenoxy) is 9. The molecule has 20 nitrogen and oxygen atoms in total. The van der Waals surface area contributed by atoms with Crippen molar-refractivity contribution in [2.45, 2.75) is 95.4 Å². The Morgan fingerprint density at radius 1 is 0.697 bits per heavy atom. The van der Waals surface area contributed by atoms with E-state index in [0.29, 0.717) is 34.5 Å². The molecule has 21 heteroatoms. The van der Waals surface area contributed by atoms with E-state index in [9.17, 15) is 33.9 Å². The summed E-state index contributed by atoms with van der Waals surface area (Å²) in [7, 11) is 0. The number of esters is 4. The summed E-state index contributed by atoms with van der Waals surface area (Å²) in [6.45, 7) is 3.55. The smallest absolute Gasteiger partial charge is 0.303 e. The van der Waals surface area contributed by atoms with Gasteiger partial charge >= 0.3 is 23.9 Å². The molecule has 66 heavy (non-hydrogen) atoms. The highest BCUT2D eigenvalue weighted by molar-refractivity contribution is 9.09. The van der Waals surface area contributed by atoms with Crippen molar-refractivity contribution in [2.75, 3.05) is 25.2 Å². The fourth-order valence-electron chi connectivity index (χ4n) is 7.87. The number of aliphatic hydroxyl groups is 1. The van der Waals surface area contributed by atoms with Crippen molar-refractivity contribution in [1.82, 2.24) is 19.9 Å². The number of carbonyl (C=O) groups is 6. The second kappa shape index (κ2) is 21.5. The lowest BCUT2D eigenvalue weighted by Crippen LogP contribution is -2.68. The molecule has 0 bridgehead atoms. The number of para-hydroxylation sites is 1. The number of hydrogen-bond donors (Lipinski definition) is 1. The van der Waals surface area contributed by atoms with Crippen LogP contribution in [0.4, 0.5) is 0 Å². The maximum Gasteiger partial charge on any atom is 0.303 e. The Morgan fingerprint density at radius 3 is 1.85 bits per heavy atom. The molecule has 3 aromatic carbocycles. The van der Waals surface area contributed by atoms with Gasteiger partial charge in [-0.1, -0.05) is 51.5 Å². The van der Waals surface area contributed by atoms with E-state index < -0.39 is 110 Å². The molecule has 2 saturated heterocycles. The number of aromatic nitrogens is 3. The van der Waals surface area contributed by atoms with Gasteiger partial charge in [0.1, 0.15) is 66.9 Å². The van der Waals surface area contributed by atoms with Gasteiger partial charge in [0.15, 0.2) is 24.8 Å². The molecule has 0 saturated carbocycles. The van der Waals surface area contributed by atoms with Gasteiger partial charge in [0.2, 0.25) is 0 Å². The number of carbonyl (C=O) groups excluding carboxylic acids is 6. The van der Waals surface area contributed by atoms with E-state index in [-0.39, 0.29) is 17.7 Å². The van der Waals surface area contributed by atoms with Crippen LogP contribution in [-0.4, -0.2) is 141 Å². The van der Waals surface area contributed by atoms with Gasteiger partial charge in [0.25, 0.3) is 11.8 Å². The topological polar surface area (TPSA) is 240 Å². The van der Waals surface area contributed by atoms with Crippen LogP contribution in [0.2, 0.25) is 0 Å². The SMILES string of the molecule is CC(=O)OC[C@H]1O[C@@H](O[C@H]2[C@H](O)[C@@H](N3C(=O)c4ccccc4C3=O)[C@H](OCCCBr)O[C@@H]2COC(C)=O)[C@H](OC(C)=O)[C@@H](n2cc(-c3ccc(Oc4ccccc4)cc3)nn2)[C@H]1OC(C)=O. The average Bonchev–Trinajstić information content (AvgIpc) is 3.87. The molecular formula is C45H47BrN4O16. The van der Waals surface area contributed by atoms with Crippen molar-refractivity contribution in [1.29, 1.82) is 0 Å². The molecule has 0 radical (unpaired) electrons. The third kappa shape index (κ3) is 10.9. The van der Waals surface area contributed by atoms with Gasteiger partial charge in [0.05, 0.1) is 23.9 Å². The van der Waals surface area contributed by atoms with Crippen LogP contribution in [0.15, 0.2) is 85.1 Å². The largest absolute Gasteiger partial charge is 0.463 e. The summed E-state index contributed by atoms with van der Waals surface area (Å²) in [5.74, 6) is -3.38. The van der Waals surface area contributed by atoms with Crippen LogP contribution in [0.5, 0.6) is 11.5 Å². The maximum absolute atomic E-state index is 14.0. The van der Waals surface area contributed by atoms with Crippen molar-refractivity contribution in [3.05, 3.63) is 96.2 Å². The first-order chi connectivity index (χ1) is 31.7. The first-order valence-corrected chi connectivity index (χ1v) is 22.0. The molecule has 4 heterocycles. The molecule has 10 atom stereocenters. The Morgan fingerprint density at radius 2 is 1.26 bits per heavy atom. The molecular weight excluding hydrogens is 932 g/mol. The van der Waals surface area contributed by atoms with Crippen molar-refractivity contribution in [3.63, 3.8) is 0 Å². The lowest BCUT2D eigenvalue weighted by molar-refractivity contribution is -0.346. The van der Waals surface area contributed by atoms with Gasteiger partial charge < -0.3 is 47.7 Å². The fraction of sp³-hybridized carbons (Fsp3) is 0.422. The first-order valence-electron chi connectivity index (χ1n) is 20.9. The van der Waals surface area contributed by atoms with Gasteiger partial charge in [-0.3, -0.25) is 33.7 Å². The highest BCUT2D eigenvalue weighted by atomic mass is 79.9. The van der Waals surface area contributed by atoms with Gasteiger partial charge in [-0.25, -0.2) is 4.68 Å². The normalized spacial score (nSPS) is 26.0. The Kier molecular flexibility index (Phi) is 15.6. The Bertz CT molecular complexity index is 2350. The monoisotopic (exact) mass is 978 g/mol. The molecule has 3 aliphatic rings. The molecule has 2 amide bonds. The van der Waals surface area contributed by atoms with Crippen LogP contribution in [0.1, 0.15) is 60.9 Å². The van der Waals surface area contributed by atoms with Crippen LogP contribution < -0.4 is 4.74 Å². The van der Waals surface area contributed by atoms with E-state index in [1.807, 2.05) is 30.3 Å². The van der Waals surface area contributed by atoms with Gasteiger partial charge in [-0.2, -0.15) is 0 Å². The number of nitrogens with zero attached hydrogens (tertiary/aromatic N) is 4. The van der Waals surface area contributed by atoms with Crippen LogP contribution in [0.3, 0.4) is 0 Å². The number of amides is 2. The zero-order valence-electron chi connectivity index (χ0n) is 36.1. The van der Waals surface area contributed by atoms with Crippen molar-refractivity contribution < 1.29 is 76.5 Å². The summed E-state index contributed by atoms with van der Waals surface area (Å²) in [4.78, 5) is 79.0. The van der Waals surface area contributed by atoms with E-state index >= 15 is 0 Å². The summed E-state index contributed by atoms with van der Waals surface area (Å²) in [6.07, 6.45) is -10.5. The predicted molar refractivity (Wildman–Crippen MR) is 229 cm³/mol. The van der Waals surface area contributed by atoms with Gasteiger partial charge in [-0.05, 0) is 55.0 Å². The molecule has 1 N–H and O–H groups in total. The summed E-state index contributed by atoms with van der Waals surface area (Å²) in [6, 6.07) is 19.3. The zero-order chi connectivity index (χ0) is 47.1. The quantitative estimate of drug-likeness (QED) is 0.0518. The summed E-state index contributed by atoms with van der Waals surface area (Å²) in [5, 5.41) is 21.7. The minimum absolute atomic E-state index is 0.0525. The summed E-state index contributed by atoms with van der Waals surface area (Å²) >= 11 is 3.35. The van der Waals surface area contributed by atoms with Crippen LogP contribution in [0, 0.1) is 0 Å². The average molecular weight is 980 g/mol. The van der Waals surface area contributed by atoms with E-state index in [1.54, 1.807) is 36.4 Å². The molecule has 0 unspecified atom stereocenters. The summed E-state index contributed by atoms with van der Waals surface area (Å²) < 4.78 is 55.0. The van der Waals surface area contributed by atoms with E-state index in [1.165, 1.54) is 23.0 Å². The highest BCUT2D eigenvalue weighted by Crippen LogP contribution is 2.40. The Balaban J connectivity index is 1.28. The maximum atomic E-state index is 14.0. The minimum Gasteiger partial charge on any atom is -0.463 e. The minimum atomic E-state index is -1.86. The molecule has 0 aliphatic carbocycles. The molecule has 2 fully saturated rings. The second-order valence-corrected chi connectivity index (χ2v) is 16.2. The van der Waals surface area contributed by atoms with E-state index in [4.69, 9.17) is 42.6 Å². The Labute approximate surface area is 386 Å². The van der Waals surface area contributed by atoms with E-state index in [2.05, 4.69) is 26.2 Å². The third-order valence-electron chi connectivity index (χ3n) is 10.7. The number of aliphatic hydroxyl groups excluding tert-OH is 1. The summed E-state index contributed by atoms with van der Waals surface area (Å²) in [5.41, 5.74) is 1.08. The van der Waals surface area contributed by atoms with Crippen molar-refractivity contribution in [2.24, 2.45) is 0 Å². The fourth-order valence-corrected chi connectivity index (χ4v) is 8.10. The van der Waals surface area contributed by atoms with Crippen molar-refractivity contribution >= 4 is 51.6 Å². The molecule has 4 aromatic rings. The highest BCUT2D eigenvalue weighted by Gasteiger charge is 2.58. The van der Waals surface area contributed by atoms with Crippen LogP contribution in [-0.2, 0) is 57.1 Å². The Hall–Kier alpha value is -6.10. The lowest BCUT2D eigenvalue weighted by atomic mass is 9.93. The van der Waals surface area contributed by atoms with Crippen LogP contribution in [0.25, 0.3) is 11.3 Å². The lowest BCUT2D eigenvalue weighted by Gasteiger charge is -2.49. The van der Waals surface area contributed by atoms with Crippen LogP contribution >= 0.6 is 15.9 Å². The number of halogens is 1. The first kappa shape index (κ1) is 47.9.